The molecule has 1 fully saturated rings. The van der Waals surface area contributed by atoms with Crippen LogP contribution in [0.5, 0.6) is 0 Å². The van der Waals surface area contributed by atoms with E-state index in [1.807, 2.05) is 0 Å². The minimum absolute atomic E-state index is 0. The number of benzene rings is 1. The van der Waals surface area contributed by atoms with Crippen molar-refractivity contribution in [3.63, 3.8) is 0 Å². The van der Waals surface area contributed by atoms with E-state index >= 15 is 0 Å². The summed E-state index contributed by atoms with van der Waals surface area (Å²) in [6.45, 7) is 1.61. The second-order valence-electron chi connectivity index (χ2n) is 5.11. The SMILES string of the molecule is CS(=O)(=O)c1cccc(NC(=O)CNCC2CCCO2)c1.Cl. The number of ether oxygens (including phenoxy) is 1. The van der Waals surface area contributed by atoms with Crippen LogP contribution >= 0.6 is 12.4 Å². The topological polar surface area (TPSA) is 84.5 Å². The van der Waals surface area contributed by atoms with Gasteiger partial charge in [-0.1, -0.05) is 6.07 Å². The fourth-order valence-electron chi connectivity index (χ4n) is 2.16. The van der Waals surface area contributed by atoms with Gasteiger partial charge < -0.3 is 15.4 Å². The predicted octanol–water partition coefficient (Wildman–Crippen LogP) is 1.22. The molecule has 1 aliphatic rings. The molecule has 2 rings (SSSR count). The lowest BCUT2D eigenvalue weighted by atomic mass is 10.2. The highest BCUT2D eigenvalue weighted by Crippen LogP contribution is 2.15. The van der Waals surface area contributed by atoms with Gasteiger partial charge in [0.15, 0.2) is 9.84 Å². The first-order valence-corrected chi connectivity index (χ1v) is 8.76. The van der Waals surface area contributed by atoms with Crippen molar-refractivity contribution in [2.75, 3.05) is 31.3 Å². The van der Waals surface area contributed by atoms with Gasteiger partial charge in [0.2, 0.25) is 5.91 Å². The highest BCUT2D eigenvalue weighted by Gasteiger charge is 2.15. The van der Waals surface area contributed by atoms with Crippen molar-refractivity contribution < 1.29 is 17.9 Å². The van der Waals surface area contributed by atoms with Gasteiger partial charge in [0.1, 0.15) is 0 Å². The van der Waals surface area contributed by atoms with Gasteiger partial charge in [-0.2, -0.15) is 0 Å². The maximum Gasteiger partial charge on any atom is 0.238 e. The van der Waals surface area contributed by atoms with E-state index < -0.39 is 9.84 Å². The molecule has 0 saturated carbocycles. The summed E-state index contributed by atoms with van der Waals surface area (Å²) in [6, 6.07) is 6.21. The van der Waals surface area contributed by atoms with E-state index in [9.17, 15) is 13.2 Å². The molecule has 0 bridgehead atoms. The molecule has 0 aromatic heterocycles. The van der Waals surface area contributed by atoms with Gasteiger partial charge in [-0.25, -0.2) is 8.42 Å². The Kier molecular flexibility index (Phi) is 7.28. The average molecular weight is 349 g/mol. The Labute approximate surface area is 136 Å². The Morgan fingerprint density at radius 1 is 1.41 bits per heavy atom. The van der Waals surface area contributed by atoms with E-state index in [2.05, 4.69) is 10.6 Å². The zero-order valence-corrected chi connectivity index (χ0v) is 14.0. The number of nitrogens with one attached hydrogen (secondary N) is 2. The molecule has 1 aromatic rings. The molecule has 1 aliphatic heterocycles. The molecule has 1 heterocycles. The van der Waals surface area contributed by atoms with Crippen molar-refractivity contribution in [2.45, 2.75) is 23.8 Å². The fraction of sp³-hybridized carbons (Fsp3) is 0.500. The van der Waals surface area contributed by atoms with Crippen molar-refractivity contribution in [1.29, 1.82) is 0 Å². The Bertz CT molecular complexity index is 601. The van der Waals surface area contributed by atoms with Crippen LogP contribution in [0.4, 0.5) is 5.69 Å². The number of anilines is 1. The Hall–Kier alpha value is -1.15. The van der Waals surface area contributed by atoms with Crippen LogP contribution in [0.2, 0.25) is 0 Å². The molecular weight excluding hydrogens is 328 g/mol. The lowest BCUT2D eigenvalue weighted by molar-refractivity contribution is -0.115. The zero-order valence-electron chi connectivity index (χ0n) is 12.4. The number of hydrogen-bond acceptors (Lipinski definition) is 5. The van der Waals surface area contributed by atoms with Gasteiger partial charge >= 0.3 is 0 Å². The largest absolute Gasteiger partial charge is 0.377 e. The van der Waals surface area contributed by atoms with Gasteiger partial charge in [-0.3, -0.25) is 4.79 Å². The van der Waals surface area contributed by atoms with Crippen LogP contribution in [0.1, 0.15) is 12.8 Å². The summed E-state index contributed by atoms with van der Waals surface area (Å²) in [6.07, 6.45) is 3.41. The normalized spacial score (nSPS) is 17.8. The smallest absolute Gasteiger partial charge is 0.238 e. The minimum Gasteiger partial charge on any atom is -0.377 e. The molecule has 1 saturated heterocycles. The zero-order chi connectivity index (χ0) is 15.3. The Morgan fingerprint density at radius 2 is 2.18 bits per heavy atom. The van der Waals surface area contributed by atoms with E-state index in [0.29, 0.717) is 12.2 Å². The standard InChI is InChI=1S/C14H20N2O4S.ClH/c1-21(18,19)13-6-2-4-11(8-13)16-14(17)10-15-9-12-5-3-7-20-12;/h2,4,6,8,12,15H,3,5,7,9-10H2,1H3,(H,16,17);1H. The molecule has 1 amide bonds. The number of amides is 1. The van der Waals surface area contributed by atoms with Crippen LogP contribution in [-0.4, -0.2) is 46.4 Å². The van der Waals surface area contributed by atoms with Gasteiger partial charge in [-0.05, 0) is 31.0 Å². The molecule has 22 heavy (non-hydrogen) atoms. The second-order valence-corrected chi connectivity index (χ2v) is 7.13. The number of carbonyl (C=O) groups is 1. The summed E-state index contributed by atoms with van der Waals surface area (Å²) in [5.41, 5.74) is 0.474. The van der Waals surface area contributed by atoms with Crippen LogP contribution in [0.3, 0.4) is 0 Å². The summed E-state index contributed by atoms with van der Waals surface area (Å²) in [5.74, 6) is -0.210. The van der Waals surface area contributed by atoms with Crippen LogP contribution in [0.25, 0.3) is 0 Å². The lowest BCUT2D eigenvalue weighted by Gasteiger charge is -2.11. The number of carbonyl (C=O) groups excluding carboxylic acids is 1. The highest BCUT2D eigenvalue weighted by molar-refractivity contribution is 7.90. The van der Waals surface area contributed by atoms with Crippen molar-refractivity contribution in [3.8, 4) is 0 Å². The third-order valence-corrected chi connectivity index (χ3v) is 4.34. The molecule has 0 spiro atoms. The molecule has 1 unspecified atom stereocenters. The lowest BCUT2D eigenvalue weighted by Crippen LogP contribution is -2.33. The summed E-state index contributed by atoms with van der Waals surface area (Å²) in [5, 5.41) is 5.71. The number of hydrogen-bond donors (Lipinski definition) is 2. The summed E-state index contributed by atoms with van der Waals surface area (Å²) in [4.78, 5) is 12.0. The summed E-state index contributed by atoms with van der Waals surface area (Å²) >= 11 is 0. The Morgan fingerprint density at radius 3 is 2.82 bits per heavy atom. The third kappa shape index (κ3) is 5.92. The summed E-state index contributed by atoms with van der Waals surface area (Å²) < 4.78 is 28.3. The predicted molar refractivity (Wildman–Crippen MR) is 87.3 cm³/mol. The van der Waals surface area contributed by atoms with E-state index in [1.165, 1.54) is 12.1 Å². The van der Waals surface area contributed by atoms with Crippen LogP contribution in [-0.2, 0) is 19.4 Å². The van der Waals surface area contributed by atoms with E-state index in [-0.39, 0.29) is 35.9 Å². The van der Waals surface area contributed by atoms with Crippen molar-refractivity contribution in [1.82, 2.24) is 5.32 Å². The molecule has 0 radical (unpaired) electrons. The summed E-state index contributed by atoms with van der Waals surface area (Å²) in [7, 11) is -3.27. The first kappa shape index (κ1) is 18.9. The van der Waals surface area contributed by atoms with Gasteiger partial charge in [0, 0.05) is 25.1 Å². The number of rotatable bonds is 6. The van der Waals surface area contributed by atoms with Gasteiger partial charge in [0.25, 0.3) is 0 Å². The minimum atomic E-state index is -3.27. The van der Waals surface area contributed by atoms with E-state index in [1.54, 1.807) is 12.1 Å². The van der Waals surface area contributed by atoms with Crippen molar-refractivity contribution in [3.05, 3.63) is 24.3 Å². The molecule has 6 nitrogen and oxygen atoms in total. The maximum atomic E-state index is 11.8. The average Bonchev–Trinajstić information content (AvgIpc) is 2.91. The quantitative estimate of drug-likeness (QED) is 0.807. The maximum absolute atomic E-state index is 11.8. The second kappa shape index (κ2) is 8.47. The van der Waals surface area contributed by atoms with Gasteiger partial charge in [0.05, 0.1) is 17.5 Å². The molecule has 1 aromatic carbocycles. The van der Waals surface area contributed by atoms with Crippen LogP contribution in [0, 0.1) is 0 Å². The molecule has 0 aliphatic carbocycles. The Balaban J connectivity index is 0.00000242. The molecule has 1 atom stereocenters. The van der Waals surface area contributed by atoms with E-state index in [0.717, 1.165) is 25.7 Å². The first-order valence-electron chi connectivity index (χ1n) is 6.87. The van der Waals surface area contributed by atoms with E-state index in [4.69, 9.17) is 4.74 Å². The monoisotopic (exact) mass is 348 g/mol. The molecule has 2 N–H and O–H groups in total. The highest BCUT2D eigenvalue weighted by atomic mass is 35.5. The molecular formula is C14H21ClN2O4S. The fourth-order valence-corrected chi connectivity index (χ4v) is 2.83. The first-order chi connectivity index (χ1) is 9.95. The number of halogens is 1. The van der Waals surface area contributed by atoms with Crippen LogP contribution < -0.4 is 10.6 Å². The van der Waals surface area contributed by atoms with Gasteiger partial charge in [-0.15, -0.1) is 12.4 Å². The third-order valence-electron chi connectivity index (χ3n) is 3.23. The van der Waals surface area contributed by atoms with Crippen molar-refractivity contribution in [2.24, 2.45) is 0 Å². The molecule has 124 valence electrons. The van der Waals surface area contributed by atoms with Crippen LogP contribution in [0.15, 0.2) is 29.2 Å². The number of sulfone groups is 1. The van der Waals surface area contributed by atoms with Crippen molar-refractivity contribution >= 4 is 33.8 Å². The molecule has 8 heteroatoms.